The van der Waals surface area contributed by atoms with Crippen molar-refractivity contribution in [1.82, 2.24) is 5.32 Å². The summed E-state index contributed by atoms with van der Waals surface area (Å²) in [5.74, 6) is -0.841. The summed E-state index contributed by atoms with van der Waals surface area (Å²) in [5.41, 5.74) is 5.60. The highest BCUT2D eigenvalue weighted by Gasteiger charge is 2.26. The van der Waals surface area contributed by atoms with Gasteiger partial charge in [0.15, 0.2) is 0 Å². The van der Waals surface area contributed by atoms with E-state index >= 15 is 0 Å². The van der Waals surface area contributed by atoms with Crippen LogP contribution in [-0.2, 0) is 20.7 Å². The first-order chi connectivity index (χ1) is 10.1. The smallest absolute Gasteiger partial charge is 0.243 e. The number of carbonyl (C=O) groups is 2. The average molecular weight is 296 g/mol. The molecule has 2 amide bonds. The minimum atomic E-state index is -0.555. The number of carbonyl (C=O) groups excluding carboxylic acids is 2. The number of ether oxygens (including phenoxy) is 2. The molecule has 0 aliphatic carbocycles. The minimum Gasteiger partial charge on any atom is -0.492 e. The van der Waals surface area contributed by atoms with E-state index in [0.29, 0.717) is 17.7 Å². The lowest BCUT2D eigenvalue weighted by atomic mass is 9.96. The molecule has 0 radical (unpaired) electrons. The monoisotopic (exact) mass is 296 g/mol. The van der Waals surface area contributed by atoms with Crippen molar-refractivity contribution in [3.05, 3.63) is 29.6 Å². The van der Waals surface area contributed by atoms with Crippen molar-refractivity contribution in [1.29, 1.82) is 0 Å². The second kappa shape index (κ2) is 7.03. The van der Waals surface area contributed by atoms with Crippen LogP contribution in [0.25, 0.3) is 0 Å². The van der Waals surface area contributed by atoms with Gasteiger partial charge in [-0.3, -0.25) is 9.59 Å². The van der Waals surface area contributed by atoms with Crippen LogP contribution >= 0.6 is 0 Å². The maximum atomic E-state index is 13.2. The van der Waals surface area contributed by atoms with Crippen LogP contribution in [0.4, 0.5) is 4.39 Å². The van der Waals surface area contributed by atoms with Gasteiger partial charge in [-0.25, -0.2) is 4.39 Å². The summed E-state index contributed by atoms with van der Waals surface area (Å²) in [6.07, 6.45) is 0.432. The van der Waals surface area contributed by atoms with Gasteiger partial charge >= 0.3 is 0 Å². The first kappa shape index (κ1) is 15.2. The standard InChI is InChI=1S/C14H17FN2O4/c15-11-1-2-12-9(6-11)5-10(7-21-12)14(19)17-3-4-20-8-13(16)18/h1-2,6,10H,3-5,7-8H2,(H2,16,18)(H,17,19)/t10-/m1/s1. The first-order valence-electron chi connectivity index (χ1n) is 6.61. The number of rotatable bonds is 6. The molecule has 1 aliphatic rings. The lowest BCUT2D eigenvalue weighted by Gasteiger charge is -2.24. The fraction of sp³-hybridized carbons (Fsp3) is 0.429. The van der Waals surface area contributed by atoms with Crippen LogP contribution in [0.2, 0.25) is 0 Å². The third kappa shape index (κ3) is 4.42. The third-order valence-corrected chi connectivity index (χ3v) is 3.09. The van der Waals surface area contributed by atoms with Gasteiger partial charge in [0.1, 0.15) is 24.8 Å². The van der Waals surface area contributed by atoms with Crippen LogP contribution < -0.4 is 15.8 Å². The Labute approximate surface area is 121 Å². The second-order valence-electron chi connectivity index (χ2n) is 4.77. The van der Waals surface area contributed by atoms with E-state index in [4.69, 9.17) is 15.2 Å². The van der Waals surface area contributed by atoms with Crippen LogP contribution in [0.15, 0.2) is 18.2 Å². The molecule has 7 heteroatoms. The van der Waals surface area contributed by atoms with E-state index in [1.807, 2.05) is 0 Å². The number of benzene rings is 1. The van der Waals surface area contributed by atoms with E-state index in [9.17, 15) is 14.0 Å². The Morgan fingerprint density at radius 3 is 3.05 bits per heavy atom. The molecule has 0 bridgehead atoms. The van der Waals surface area contributed by atoms with E-state index in [1.54, 1.807) is 6.07 Å². The lowest BCUT2D eigenvalue weighted by Crippen LogP contribution is -2.39. The van der Waals surface area contributed by atoms with Gasteiger partial charge in [0.25, 0.3) is 0 Å². The van der Waals surface area contributed by atoms with Crippen molar-refractivity contribution in [3.8, 4) is 5.75 Å². The topological polar surface area (TPSA) is 90.7 Å². The van der Waals surface area contributed by atoms with Gasteiger partial charge in [0.2, 0.25) is 11.8 Å². The Kier molecular flexibility index (Phi) is 5.10. The number of hydrogen-bond donors (Lipinski definition) is 2. The number of fused-ring (bicyclic) bond motifs is 1. The average Bonchev–Trinajstić information content (AvgIpc) is 2.45. The van der Waals surface area contributed by atoms with Crippen LogP contribution in [0.5, 0.6) is 5.75 Å². The van der Waals surface area contributed by atoms with E-state index < -0.39 is 5.91 Å². The molecule has 0 saturated heterocycles. The van der Waals surface area contributed by atoms with Crippen LogP contribution in [-0.4, -0.2) is 38.2 Å². The zero-order valence-corrected chi connectivity index (χ0v) is 11.4. The van der Waals surface area contributed by atoms with Gasteiger partial charge in [-0.15, -0.1) is 0 Å². The molecule has 1 atom stereocenters. The van der Waals surface area contributed by atoms with Crippen molar-refractivity contribution < 1.29 is 23.5 Å². The highest BCUT2D eigenvalue weighted by molar-refractivity contribution is 5.79. The molecular weight excluding hydrogens is 279 g/mol. The largest absolute Gasteiger partial charge is 0.492 e. The summed E-state index contributed by atoms with van der Waals surface area (Å²) < 4.78 is 23.6. The van der Waals surface area contributed by atoms with Crippen LogP contribution in [0.3, 0.4) is 0 Å². The molecule has 0 saturated carbocycles. The highest BCUT2D eigenvalue weighted by Crippen LogP contribution is 2.27. The van der Waals surface area contributed by atoms with Crippen molar-refractivity contribution >= 4 is 11.8 Å². The number of nitrogens with two attached hydrogens (primary N) is 1. The van der Waals surface area contributed by atoms with Crippen molar-refractivity contribution in [2.24, 2.45) is 11.7 Å². The number of amides is 2. The number of nitrogens with one attached hydrogen (secondary N) is 1. The van der Waals surface area contributed by atoms with Gasteiger partial charge in [-0.2, -0.15) is 0 Å². The van der Waals surface area contributed by atoms with Gasteiger partial charge in [-0.05, 0) is 30.2 Å². The summed E-state index contributed by atoms with van der Waals surface area (Å²) in [5, 5.41) is 2.68. The molecular formula is C14H17FN2O4. The highest BCUT2D eigenvalue weighted by atomic mass is 19.1. The summed E-state index contributed by atoms with van der Waals surface area (Å²) >= 11 is 0. The Bertz CT molecular complexity index is 536. The SMILES string of the molecule is NC(=O)COCCNC(=O)[C@H]1COc2ccc(F)cc2C1. The summed E-state index contributed by atoms with van der Waals surface area (Å²) in [4.78, 5) is 22.4. The fourth-order valence-corrected chi connectivity index (χ4v) is 2.09. The molecule has 6 nitrogen and oxygen atoms in total. The van der Waals surface area contributed by atoms with Crippen molar-refractivity contribution in [2.75, 3.05) is 26.4 Å². The lowest BCUT2D eigenvalue weighted by molar-refractivity contribution is -0.126. The Morgan fingerprint density at radius 2 is 2.29 bits per heavy atom. The van der Waals surface area contributed by atoms with Gasteiger partial charge in [0, 0.05) is 6.54 Å². The molecule has 0 unspecified atom stereocenters. The molecule has 0 fully saturated rings. The number of hydrogen-bond acceptors (Lipinski definition) is 4. The van der Waals surface area contributed by atoms with Crippen LogP contribution in [0, 0.1) is 11.7 Å². The zero-order valence-electron chi connectivity index (χ0n) is 11.4. The number of halogens is 1. The summed E-state index contributed by atoms with van der Waals surface area (Å²) in [7, 11) is 0. The zero-order chi connectivity index (χ0) is 15.2. The molecule has 0 spiro atoms. The summed E-state index contributed by atoms with van der Waals surface area (Å²) in [6, 6.07) is 4.27. The van der Waals surface area contributed by atoms with E-state index in [-0.39, 0.29) is 44.0 Å². The fourth-order valence-electron chi connectivity index (χ4n) is 2.09. The van der Waals surface area contributed by atoms with Crippen LogP contribution in [0.1, 0.15) is 5.56 Å². The second-order valence-corrected chi connectivity index (χ2v) is 4.77. The molecule has 3 N–H and O–H groups in total. The minimum absolute atomic E-state index is 0.172. The van der Waals surface area contributed by atoms with Gasteiger partial charge in [0.05, 0.1) is 12.5 Å². The predicted molar refractivity (Wildman–Crippen MR) is 72.1 cm³/mol. The molecule has 0 aromatic heterocycles. The first-order valence-corrected chi connectivity index (χ1v) is 6.61. The molecule has 1 heterocycles. The normalized spacial score (nSPS) is 16.7. The molecule has 1 aromatic rings. The van der Waals surface area contributed by atoms with Crippen molar-refractivity contribution in [2.45, 2.75) is 6.42 Å². The predicted octanol–water partition coefficient (Wildman–Crippen LogP) is -0.00510. The quantitative estimate of drug-likeness (QED) is 0.723. The van der Waals surface area contributed by atoms with E-state index in [2.05, 4.69) is 5.32 Å². The summed E-state index contributed by atoms with van der Waals surface area (Å²) in [6.45, 7) is 0.563. The molecule has 1 aromatic carbocycles. The van der Waals surface area contributed by atoms with Gasteiger partial charge < -0.3 is 20.5 Å². The van der Waals surface area contributed by atoms with E-state index in [0.717, 1.165) is 0 Å². The molecule has 21 heavy (non-hydrogen) atoms. The molecule has 2 rings (SSSR count). The third-order valence-electron chi connectivity index (χ3n) is 3.09. The molecule has 114 valence electrons. The van der Waals surface area contributed by atoms with E-state index in [1.165, 1.54) is 12.1 Å². The molecule has 1 aliphatic heterocycles. The maximum Gasteiger partial charge on any atom is 0.243 e. The number of primary amides is 1. The Balaban J connectivity index is 1.78. The Morgan fingerprint density at radius 1 is 1.48 bits per heavy atom. The van der Waals surface area contributed by atoms with Crippen molar-refractivity contribution in [3.63, 3.8) is 0 Å². The maximum absolute atomic E-state index is 13.2. The van der Waals surface area contributed by atoms with Gasteiger partial charge in [-0.1, -0.05) is 0 Å². The Hall–Kier alpha value is -2.15.